The van der Waals surface area contributed by atoms with Crippen molar-refractivity contribution in [3.05, 3.63) is 29.0 Å². The highest BCUT2D eigenvalue weighted by Gasteiger charge is 2.15. The molecule has 2 heterocycles. The lowest BCUT2D eigenvalue weighted by Crippen LogP contribution is -2.33. The molecule has 0 saturated carbocycles. The summed E-state index contributed by atoms with van der Waals surface area (Å²) in [6.07, 6.45) is 4.57. The molecule has 3 heteroatoms. The first-order chi connectivity index (χ1) is 7.24. The summed E-state index contributed by atoms with van der Waals surface area (Å²) in [6, 6.07) is 3.93. The molecule has 1 saturated heterocycles. The van der Waals surface area contributed by atoms with Crippen molar-refractivity contribution in [3.63, 3.8) is 0 Å². The monoisotopic (exact) mass is 224 g/mol. The molecule has 0 aliphatic carbocycles. The van der Waals surface area contributed by atoms with Gasteiger partial charge in [0.1, 0.15) is 5.15 Å². The lowest BCUT2D eigenvalue weighted by Gasteiger charge is -2.30. The summed E-state index contributed by atoms with van der Waals surface area (Å²) < 4.78 is 0. The molecule has 1 aromatic rings. The Morgan fingerprint density at radius 2 is 2.40 bits per heavy atom. The number of piperidine rings is 1. The minimum absolute atomic E-state index is 0.575. The Balaban J connectivity index is 1.93. The van der Waals surface area contributed by atoms with Crippen LogP contribution in [-0.2, 0) is 6.54 Å². The van der Waals surface area contributed by atoms with E-state index in [0.717, 1.165) is 12.5 Å². The third kappa shape index (κ3) is 3.18. The van der Waals surface area contributed by atoms with Crippen LogP contribution in [0.15, 0.2) is 18.3 Å². The van der Waals surface area contributed by atoms with Gasteiger partial charge in [-0.3, -0.25) is 4.90 Å². The summed E-state index contributed by atoms with van der Waals surface area (Å²) in [4.78, 5) is 6.60. The molecule has 0 unspecified atom stereocenters. The average molecular weight is 225 g/mol. The lowest BCUT2D eigenvalue weighted by atomic mass is 10.00. The van der Waals surface area contributed by atoms with Crippen molar-refractivity contribution in [1.29, 1.82) is 0 Å². The Kier molecular flexibility index (Phi) is 3.60. The second-order valence-corrected chi connectivity index (χ2v) is 4.86. The van der Waals surface area contributed by atoms with Gasteiger partial charge in [-0.15, -0.1) is 0 Å². The summed E-state index contributed by atoms with van der Waals surface area (Å²) in [7, 11) is 0. The van der Waals surface area contributed by atoms with Gasteiger partial charge in [0.25, 0.3) is 0 Å². The number of pyridine rings is 1. The molecule has 82 valence electrons. The summed E-state index contributed by atoms with van der Waals surface area (Å²) >= 11 is 5.75. The van der Waals surface area contributed by atoms with Gasteiger partial charge in [0.2, 0.25) is 0 Å². The van der Waals surface area contributed by atoms with Gasteiger partial charge >= 0.3 is 0 Å². The van der Waals surface area contributed by atoms with Gasteiger partial charge in [-0.25, -0.2) is 4.98 Å². The first-order valence-corrected chi connectivity index (χ1v) is 5.94. The number of halogens is 1. The van der Waals surface area contributed by atoms with Crippen LogP contribution in [0.5, 0.6) is 0 Å². The largest absolute Gasteiger partial charge is 0.299 e. The van der Waals surface area contributed by atoms with Gasteiger partial charge in [0.05, 0.1) is 0 Å². The maximum atomic E-state index is 5.75. The Labute approximate surface area is 96.3 Å². The van der Waals surface area contributed by atoms with E-state index in [0.29, 0.717) is 5.15 Å². The molecule has 0 aromatic carbocycles. The molecule has 0 bridgehead atoms. The second kappa shape index (κ2) is 4.95. The van der Waals surface area contributed by atoms with Gasteiger partial charge in [-0.05, 0) is 36.9 Å². The standard InChI is InChI=1S/C12H17ClN2/c1-10-3-2-6-15(8-10)9-11-4-5-12(13)14-7-11/h4-5,7,10H,2-3,6,8-9H2,1H3/t10-/m1/s1. The van der Waals surface area contributed by atoms with Crippen molar-refractivity contribution in [2.45, 2.75) is 26.3 Å². The van der Waals surface area contributed by atoms with E-state index < -0.39 is 0 Å². The maximum Gasteiger partial charge on any atom is 0.129 e. The van der Waals surface area contributed by atoms with E-state index in [9.17, 15) is 0 Å². The van der Waals surface area contributed by atoms with Gasteiger partial charge in [0, 0.05) is 19.3 Å². The van der Waals surface area contributed by atoms with Crippen LogP contribution in [0.4, 0.5) is 0 Å². The van der Waals surface area contributed by atoms with Crippen LogP contribution in [0.3, 0.4) is 0 Å². The highest BCUT2D eigenvalue weighted by atomic mass is 35.5. The predicted molar refractivity (Wildman–Crippen MR) is 62.9 cm³/mol. The molecule has 0 amide bonds. The quantitative estimate of drug-likeness (QED) is 0.719. The molecular formula is C12H17ClN2. The summed E-state index contributed by atoms with van der Waals surface area (Å²) in [6.45, 7) is 5.76. The first kappa shape index (κ1) is 10.9. The highest BCUT2D eigenvalue weighted by Crippen LogP contribution is 2.17. The van der Waals surface area contributed by atoms with E-state index in [2.05, 4.69) is 22.9 Å². The third-order valence-electron chi connectivity index (χ3n) is 2.94. The molecule has 1 aliphatic rings. The number of aromatic nitrogens is 1. The summed E-state index contributed by atoms with van der Waals surface area (Å²) in [5, 5.41) is 0.575. The molecule has 1 fully saturated rings. The normalized spacial score (nSPS) is 22.9. The highest BCUT2D eigenvalue weighted by molar-refractivity contribution is 6.29. The molecule has 1 atom stereocenters. The Morgan fingerprint density at radius 3 is 3.07 bits per heavy atom. The zero-order valence-corrected chi connectivity index (χ0v) is 9.87. The third-order valence-corrected chi connectivity index (χ3v) is 3.16. The van der Waals surface area contributed by atoms with Gasteiger partial charge in [0.15, 0.2) is 0 Å². The van der Waals surface area contributed by atoms with Crippen LogP contribution >= 0.6 is 11.6 Å². The molecular weight excluding hydrogens is 208 g/mol. The van der Waals surface area contributed by atoms with E-state index >= 15 is 0 Å². The van der Waals surface area contributed by atoms with Crippen molar-refractivity contribution in [2.75, 3.05) is 13.1 Å². The van der Waals surface area contributed by atoms with Crippen molar-refractivity contribution >= 4 is 11.6 Å². The van der Waals surface area contributed by atoms with E-state index in [1.165, 1.54) is 31.5 Å². The molecule has 2 rings (SSSR count). The van der Waals surface area contributed by atoms with Gasteiger partial charge in [-0.1, -0.05) is 24.6 Å². The number of hydrogen-bond donors (Lipinski definition) is 0. The molecule has 0 N–H and O–H groups in total. The zero-order valence-electron chi connectivity index (χ0n) is 9.12. The predicted octanol–water partition coefficient (Wildman–Crippen LogP) is 2.97. The lowest BCUT2D eigenvalue weighted by molar-refractivity contribution is 0.176. The van der Waals surface area contributed by atoms with Crippen LogP contribution in [-0.4, -0.2) is 23.0 Å². The first-order valence-electron chi connectivity index (χ1n) is 5.57. The number of hydrogen-bond acceptors (Lipinski definition) is 2. The van der Waals surface area contributed by atoms with Crippen molar-refractivity contribution in [2.24, 2.45) is 5.92 Å². The minimum Gasteiger partial charge on any atom is -0.299 e. The Bertz CT molecular complexity index is 310. The number of likely N-dealkylation sites (tertiary alicyclic amines) is 1. The van der Waals surface area contributed by atoms with Crippen LogP contribution in [0.25, 0.3) is 0 Å². The van der Waals surface area contributed by atoms with E-state index in [1.54, 1.807) is 0 Å². The second-order valence-electron chi connectivity index (χ2n) is 4.47. The van der Waals surface area contributed by atoms with E-state index in [4.69, 9.17) is 11.6 Å². The Hall–Kier alpha value is -0.600. The number of nitrogens with zero attached hydrogens (tertiary/aromatic N) is 2. The summed E-state index contributed by atoms with van der Waals surface area (Å²) in [5.74, 6) is 0.832. The van der Waals surface area contributed by atoms with E-state index in [1.807, 2.05) is 12.3 Å². The maximum absolute atomic E-state index is 5.75. The molecule has 2 nitrogen and oxygen atoms in total. The van der Waals surface area contributed by atoms with Crippen molar-refractivity contribution < 1.29 is 0 Å². The van der Waals surface area contributed by atoms with E-state index in [-0.39, 0.29) is 0 Å². The SMILES string of the molecule is C[C@@H]1CCCN(Cc2ccc(Cl)nc2)C1. The molecule has 0 radical (unpaired) electrons. The van der Waals surface area contributed by atoms with Crippen molar-refractivity contribution in [1.82, 2.24) is 9.88 Å². The average Bonchev–Trinajstić information content (AvgIpc) is 2.22. The molecule has 15 heavy (non-hydrogen) atoms. The fraction of sp³-hybridized carbons (Fsp3) is 0.583. The Morgan fingerprint density at radius 1 is 1.53 bits per heavy atom. The van der Waals surface area contributed by atoms with Crippen LogP contribution in [0, 0.1) is 5.92 Å². The minimum atomic E-state index is 0.575. The van der Waals surface area contributed by atoms with Crippen molar-refractivity contribution in [3.8, 4) is 0 Å². The summed E-state index contributed by atoms with van der Waals surface area (Å²) in [5.41, 5.74) is 1.26. The molecule has 1 aromatic heterocycles. The number of rotatable bonds is 2. The molecule has 1 aliphatic heterocycles. The van der Waals surface area contributed by atoms with Gasteiger partial charge < -0.3 is 0 Å². The van der Waals surface area contributed by atoms with Crippen LogP contribution < -0.4 is 0 Å². The van der Waals surface area contributed by atoms with Crippen LogP contribution in [0.1, 0.15) is 25.3 Å². The fourth-order valence-corrected chi connectivity index (χ4v) is 2.30. The topological polar surface area (TPSA) is 16.1 Å². The smallest absolute Gasteiger partial charge is 0.129 e. The zero-order chi connectivity index (χ0) is 10.7. The molecule has 0 spiro atoms. The van der Waals surface area contributed by atoms with Gasteiger partial charge in [-0.2, -0.15) is 0 Å². The fourth-order valence-electron chi connectivity index (χ4n) is 2.19. The van der Waals surface area contributed by atoms with Crippen LogP contribution in [0.2, 0.25) is 5.15 Å².